The van der Waals surface area contributed by atoms with Crippen molar-refractivity contribution in [3.63, 3.8) is 0 Å². The summed E-state index contributed by atoms with van der Waals surface area (Å²) in [4.78, 5) is 24.0. The highest BCUT2D eigenvalue weighted by atomic mass is 16.5. The van der Waals surface area contributed by atoms with Gasteiger partial charge in [-0.25, -0.2) is 9.59 Å². The van der Waals surface area contributed by atoms with Crippen LogP contribution in [0.15, 0.2) is 71.1 Å². The Morgan fingerprint density at radius 2 is 1.55 bits per heavy atom. The van der Waals surface area contributed by atoms with Crippen LogP contribution in [0.2, 0.25) is 0 Å². The number of carbonyl (C=O) groups is 2. The van der Waals surface area contributed by atoms with Gasteiger partial charge in [0.05, 0.1) is 17.1 Å². The molecule has 2 aromatic carbocycles. The van der Waals surface area contributed by atoms with E-state index in [0.717, 1.165) is 11.1 Å². The van der Waals surface area contributed by atoms with E-state index in [1.165, 1.54) is 0 Å². The van der Waals surface area contributed by atoms with Crippen LogP contribution < -0.4 is 10.1 Å². The molecule has 2 aromatic rings. The van der Waals surface area contributed by atoms with Crippen LogP contribution in [0.5, 0.6) is 5.75 Å². The maximum atomic E-state index is 12.0. The molecule has 0 atom stereocenters. The first-order valence-corrected chi connectivity index (χ1v) is 9.22. The highest BCUT2D eigenvalue weighted by Crippen LogP contribution is 2.42. The third-order valence-corrected chi connectivity index (χ3v) is 4.93. The predicted molar refractivity (Wildman–Crippen MR) is 109 cm³/mol. The number of carboxylic acids is 2. The van der Waals surface area contributed by atoms with Gasteiger partial charge in [0.15, 0.2) is 0 Å². The van der Waals surface area contributed by atoms with Crippen molar-refractivity contribution in [2.24, 2.45) is 0 Å². The molecule has 0 unspecified atom stereocenters. The van der Waals surface area contributed by atoms with Crippen LogP contribution in [-0.2, 0) is 16.2 Å². The van der Waals surface area contributed by atoms with E-state index in [1.54, 1.807) is 38.1 Å². The molecule has 0 aliphatic carbocycles. The summed E-state index contributed by atoms with van der Waals surface area (Å²) in [5.41, 5.74) is 3.42. The number of aryl methyl sites for hydroxylation is 1. The number of benzene rings is 2. The molecular weight excluding hydrogens is 370 g/mol. The highest BCUT2D eigenvalue weighted by Gasteiger charge is 2.37. The number of nitrogens with one attached hydrogen (secondary N) is 1. The number of dihydropyridines is 1. The topological polar surface area (TPSA) is 95.9 Å². The summed E-state index contributed by atoms with van der Waals surface area (Å²) in [5, 5.41) is 22.5. The maximum Gasteiger partial charge on any atom is 0.334 e. The standard InChI is InChI=1S/C23H23NO5/c1-13-7-6-8-16(11-13)12-29-18-10-5-4-9-17(18)21-19(22(25)26)14(2)24-15(3)20(21)23(27)28/h4-11,21,24H,12H2,1-3H3,(H,25,26)(H,27,28). The number of rotatable bonds is 6. The molecule has 3 rings (SSSR count). The predicted octanol–water partition coefficient (Wildman–Crippen LogP) is 3.98. The van der Waals surface area contributed by atoms with Gasteiger partial charge in [-0.1, -0.05) is 48.0 Å². The molecule has 1 heterocycles. The molecular formula is C23H23NO5. The number of aliphatic carboxylic acids is 2. The van der Waals surface area contributed by atoms with E-state index in [4.69, 9.17) is 4.74 Å². The molecule has 29 heavy (non-hydrogen) atoms. The zero-order valence-electron chi connectivity index (χ0n) is 16.5. The Bertz CT molecular complexity index is 999. The Balaban J connectivity index is 2.06. The Morgan fingerprint density at radius 3 is 2.14 bits per heavy atom. The molecule has 0 saturated carbocycles. The number of carboxylic acid groups (broad SMARTS) is 2. The largest absolute Gasteiger partial charge is 0.489 e. The summed E-state index contributed by atoms with van der Waals surface area (Å²) >= 11 is 0. The first-order chi connectivity index (χ1) is 13.8. The number of hydrogen-bond acceptors (Lipinski definition) is 4. The van der Waals surface area contributed by atoms with E-state index in [1.807, 2.05) is 31.2 Å². The lowest BCUT2D eigenvalue weighted by atomic mass is 9.80. The van der Waals surface area contributed by atoms with Crippen LogP contribution in [0.25, 0.3) is 0 Å². The zero-order chi connectivity index (χ0) is 21.1. The Hall–Kier alpha value is -3.54. The van der Waals surface area contributed by atoms with Gasteiger partial charge in [0.1, 0.15) is 12.4 Å². The third-order valence-electron chi connectivity index (χ3n) is 4.93. The lowest BCUT2D eigenvalue weighted by Crippen LogP contribution is -2.31. The first kappa shape index (κ1) is 20.2. The molecule has 6 heteroatoms. The minimum atomic E-state index is -1.17. The van der Waals surface area contributed by atoms with Crippen LogP contribution in [-0.4, -0.2) is 22.2 Å². The molecule has 0 bridgehead atoms. The fourth-order valence-corrected chi connectivity index (χ4v) is 3.69. The van der Waals surface area contributed by atoms with E-state index in [2.05, 4.69) is 5.32 Å². The monoisotopic (exact) mass is 393 g/mol. The Labute approximate surface area is 169 Å². The fraction of sp³-hybridized carbons (Fsp3) is 0.217. The van der Waals surface area contributed by atoms with Crippen molar-refractivity contribution in [3.8, 4) is 5.75 Å². The summed E-state index contributed by atoms with van der Waals surface area (Å²) < 4.78 is 6.01. The minimum Gasteiger partial charge on any atom is -0.489 e. The van der Waals surface area contributed by atoms with E-state index >= 15 is 0 Å². The summed E-state index contributed by atoms with van der Waals surface area (Å²) in [7, 11) is 0. The van der Waals surface area contributed by atoms with Gasteiger partial charge in [0, 0.05) is 17.0 Å². The van der Waals surface area contributed by atoms with Gasteiger partial charge in [-0.15, -0.1) is 0 Å². The summed E-state index contributed by atoms with van der Waals surface area (Å²) in [5.74, 6) is -2.82. The fourth-order valence-electron chi connectivity index (χ4n) is 3.69. The summed E-state index contributed by atoms with van der Waals surface area (Å²) in [6, 6.07) is 14.9. The summed E-state index contributed by atoms with van der Waals surface area (Å²) in [6.07, 6.45) is 0. The van der Waals surface area contributed by atoms with Gasteiger partial charge in [0.2, 0.25) is 0 Å². The van der Waals surface area contributed by atoms with Crippen molar-refractivity contribution in [1.29, 1.82) is 0 Å². The zero-order valence-corrected chi connectivity index (χ0v) is 16.5. The van der Waals surface area contributed by atoms with Gasteiger partial charge in [-0.05, 0) is 32.4 Å². The van der Waals surface area contributed by atoms with Crippen molar-refractivity contribution in [2.75, 3.05) is 0 Å². The van der Waals surface area contributed by atoms with Crippen LogP contribution in [0.4, 0.5) is 0 Å². The second-order valence-electron chi connectivity index (χ2n) is 7.06. The average Bonchev–Trinajstić information content (AvgIpc) is 2.65. The molecule has 0 fully saturated rings. The normalized spacial score (nSPS) is 14.6. The average molecular weight is 393 g/mol. The Morgan fingerprint density at radius 1 is 0.931 bits per heavy atom. The molecule has 0 spiro atoms. The van der Waals surface area contributed by atoms with E-state index < -0.39 is 17.9 Å². The Kier molecular flexibility index (Phi) is 5.73. The van der Waals surface area contributed by atoms with Crippen molar-refractivity contribution in [2.45, 2.75) is 33.3 Å². The van der Waals surface area contributed by atoms with Gasteiger partial charge >= 0.3 is 11.9 Å². The molecule has 1 aliphatic rings. The van der Waals surface area contributed by atoms with Crippen LogP contribution in [0.1, 0.15) is 36.5 Å². The maximum absolute atomic E-state index is 12.0. The number of ether oxygens (including phenoxy) is 1. The van der Waals surface area contributed by atoms with Gasteiger partial charge in [0.25, 0.3) is 0 Å². The second-order valence-corrected chi connectivity index (χ2v) is 7.06. The first-order valence-electron chi connectivity index (χ1n) is 9.22. The van der Waals surface area contributed by atoms with Crippen molar-refractivity contribution < 1.29 is 24.5 Å². The molecule has 1 aliphatic heterocycles. The molecule has 0 saturated heterocycles. The van der Waals surface area contributed by atoms with E-state index in [9.17, 15) is 19.8 Å². The van der Waals surface area contributed by atoms with Crippen molar-refractivity contribution >= 4 is 11.9 Å². The second kappa shape index (κ2) is 8.22. The van der Waals surface area contributed by atoms with Crippen LogP contribution in [0, 0.1) is 6.92 Å². The lowest BCUT2D eigenvalue weighted by molar-refractivity contribution is -0.133. The van der Waals surface area contributed by atoms with Crippen LogP contribution >= 0.6 is 0 Å². The lowest BCUT2D eigenvalue weighted by Gasteiger charge is -2.29. The third kappa shape index (κ3) is 4.16. The number of para-hydroxylation sites is 1. The quantitative estimate of drug-likeness (QED) is 0.687. The van der Waals surface area contributed by atoms with E-state index in [0.29, 0.717) is 29.3 Å². The molecule has 3 N–H and O–H groups in total. The van der Waals surface area contributed by atoms with Crippen molar-refractivity contribution in [3.05, 3.63) is 87.8 Å². The number of allylic oxidation sites excluding steroid dienone is 2. The molecule has 0 aromatic heterocycles. The van der Waals surface area contributed by atoms with Crippen LogP contribution in [0.3, 0.4) is 0 Å². The molecule has 0 radical (unpaired) electrons. The van der Waals surface area contributed by atoms with Gasteiger partial charge < -0.3 is 20.3 Å². The van der Waals surface area contributed by atoms with Gasteiger partial charge in [-0.2, -0.15) is 0 Å². The summed E-state index contributed by atoms with van der Waals surface area (Å²) in [6.45, 7) is 5.55. The molecule has 6 nitrogen and oxygen atoms in total. The number of hydrogen-bond donors (Lipinski definition) is 3. The van der Waals surface area contributed by atoms with Crippen molar-refractivity contribution in [1.82, 2.24) is 5.32 Å². The molecule has 150 valence electrons. The highest BCUT2D eigenvalue weighted by molar-refractivity contribution is 5.98. The SMILES string of the molecule is CC1=C(C(=O)O)C(c2ccccc2OCc2cccc(C)c2)C(C(=O)O)=C(C)N1. The van der Waals surface area contributed by atoms with Gasteiger partial charge in [-0.3, -0.25) is 0 Å². The minimum absolute atomic E-state index is 0.000365. The molecule has 0 amide bonds. The van der Waals surface area contributed by atoms with E-state index in [-0.39, 0.29) is 11.1 Å². The smallest absolute Gasteiger partial charge is 0.334 e.